The lowest BCUT2D eigenvalue weighted by molar-refractivity contribution is 0.243. The summed E-state index contributed by atoms with van der Waals surface area (Å²) in [6.07, 6.45) is 6.13. The van der Waals surface area contributed by atoms with Crippen LogP contribution in [-0.4, -0.2) is 35.4 Å². The van der Waals surface area contributed by atoms with E-state index in [4.69, 9.17) is 0 Å². The van der Waals surface area contributed by atoms with Crippen molar-refractivity contribution in [2.45, 2.75) is 50.0 Å². The lowest BCUT2D eigenvalue weighted by atomic mass is 9.99. The minimum Gasteiger partial charge on any atom is -0.332 e. The van der Waals surface area contributed by atoms with Crippen molar-refractivity contribution in [3.63, 3.8) is 0 Å². The number of aryl methyl sites for hydroxylation is 1. The third-order valence-corrected chi connectivity index (χ3v) is 7.25. The highest BCUT2D eigenvalue weighted by Gasteiger charge is 2.33. The van der Waals surface area contributed by atoms with Gasteiger partial charge in [0.05, 0.1) is 4.90 Å². The first-order valence-corrected chi connectivity index (χ1v) is 10.7. The first kappa shape index (κ1) is 17.7. The molecule has 4 rings (SSSR count). The van der Waals surface area contributed by atoms with Gasteiger partial charge in [-0.05, 0) is 56.7 Å². The Hall–Kier alpha value is -1.73. The maximum atomic E-state index is 13.5. The maximum absolute atomic E-state index is 13.5. The second kappa shape index (κ2) is 6.78. The molecule has 0 bridgehead atoms. The molecule has 0 N–H and O–H groups in total. The lowest BCUT2D eigenvalue weighted by Gasteiger charge is -2.32. The smallest absolute Gasteiger partial charge is 0.243 e. The molecular formula is C19H24FN3O2S. The van der Waals surface area contributed by atoms with Crippen LogP contribution in [-0.2, 0) is 16.6 Å². The van der Waals surface area contributed by atoms with Crippen LogP contribution in [0.25, 0.3) is 0 Å². The average Bonchev–Trinajstić information content (AvgIpc) is 3.40. The van der Waals surface area contributed by atoms with E-state index in [0.717, 1.165) is 37.0 Å². The first-order valence-electron chi connectivity index (χ1n) is 9.23. The second-order valence-corrected chi connectivity index (χ2v) is 9.41. The van der Waals surface area contributed by atoms with Gasteiger partial charge in [-0.1, -0.05) is 6.07 Å². The Labute approximate surface area is 153 Å². The van der Waals surface area contributed by atoms with Crippen molar-refractivity contribution in [2.24, 2.45) is 5.92 Å². The van der Waals surface area contributed by atoms with E-state index in [2.05, 4.69) is 16.5 Å². The molecule has 1 atom stereocenters. The third kappa shape index (κ3) is 3.42. The van der Waals surface area contributed by atoms with E-state index in [9.17, 15) is 12.8 Å². The van der Waals surface area contributed by atoms with Gasteiger partial charge in [0, 0.05) is 37.4 Å². The van der Waals surface area contributed by atoms with Crippen molar-refractivity contribution < 1.29 is 12.8 Å². The minimum atomic E-state index is -3.65. The summed E-state index contributed by atoms with van der Waals surface area (Å²) in [7, 11) is -3.65. The van der Waals surface area contributed by atoms with Crippen LogP contribution in [0.1, 0.15) is 43.1 Å². The molecule has 0 spiro atoms. The largest absolute Gasteiger partial charge is 0.332 e. The molecule has 140 valence electrons. The monoisotopic (exact) mass is 377 g/mol. The van der Waals surface area contributed by atoms with E-state index in [-0.39, 0.29) is 10.8 Å². The Morgan fingerprint density at radius 3 is 2.81 bits per heavy atom. The molecule has 1 saturated carbocycles. The van der Waals surface area contributed by atoms with E-state index < -0.39 is 15.8 Å². The summed E-state index contributed by atoms with van der Waals surface area (Å²) in [4.78, 5) is 4.60. The molecule has 26 heavy (non-hydrogen) atoms. The lowest BCUT2D eigenvalue weighted by Crippen LogP contribution is -2.41. The van der Waals surface area contributed by atoms with Crippen LogP contribution in [0.5, 0.6) is 0 Å². The van der Waals surface area contributed by atoms with Crippen LogP contribution in [0.2, 0.25) is 0 Å². The van der Waals surface area contributed by atoms with Crippen LogP contribution in [0.4, 0.5) is 4.39 Å². The molecule has 7 heteroatoms. The van der Waals surface area contributed by atoms with E-state index >= 15 is 0 Å². The van der Waals surface area contributed by atoms with Gasteiger partial charge in [-0.15, -0.1) is 0 Å². The number of hydrogen-bond acceptors (Lipinski definition) is 3. The Balaban J connectivity index is 1.52. The molecular weight excluding hydrogens is 353 g/mol. The summed E-state index contributed by atoms with van der Waals surface area (Å²) in [5.74, 6) is 1.44. The van der Waals surface area contributed by atoms with Gasteiger partial charge < -0.3 is 4.57 Å². The Kier molecular flexibility index (Phi) is 4.61. The number of nitrogens with zero attached hydrogens (tertiary/aromatic N) is 3. The number of benzene rings is 1. The molecule has 5 nitrogen and oxygen atoms in total. The maximum Gasteiger partial charge on any atom is 0.243 e. The van der Waals surface area contributed by atoms with Crippen molar-refractivity contribution in [1.82, 2.24) is 13.9 Å². The first-order chi connectivity index (χ1) is 12.4. The molecule has 0 radical (unpaired) electrons. The fraction of sp³-hybridized carbons (Fsp3) is 0.526. The molecule has 1 saturated heterocycles. The van der Waals surface area contributed by atoms with Gasteiger partial charge in [0.1, 0.15) is 11.6 Å². The van der Waals surface area contributed by atoms with E-state index in [1.165, 1.54) is 35.3 Å². The van der Waals surface area contributed by atoms with Crippen molar-refractivity contribution in [1.29, 1.82) is 0 Å². The molecule has 1 aromatic carbocycles. The van der Waals surface area contributed by atoms with Crippen LogP contribution in [0.3, 0.4) is 0 Å². The standard InChI is InChI=1S/C19H24FN3O2S/c1-14-11-21-19(16-7-8-16)23(14)13-15-4-3-9-22(12-15)26(24,25)18-6-2-5-17(20)10-18/h2,5-6,10-11,15-16H,3-4,7-9,12-13H2,1H3. The molecule has 2 heterocycles. The summed E-state index contributed by atoms with van der Waals surface area (Å²) >= 11 is 0. The quantitative estimate of drug-likeness (QED) is 0.803. The second-order valence-electron chi connectivity index (χ2n) is 7.47. The minimum absolute atomic E-state index is 0.0376. The van der Waals surface area contributed by atoms with Crippen LogP contribution >= 0.6 is 0 Å². The number of imidazole rings is 1. The van der Waals surface area contributed by atoms with Crippen molar-refractivity contribution in [2.75, 3.05) is 13.1 Å². The molecule has 0 amide bonds. The summed E-state index contributed by atoms with van der Waals surface area (Å²) in [6, 6.07) is 5.27. The highest BCUT2D eigenvalue weighted by Crippen LogP contribution is 2.40. The molecule has 2 aromatic rings. The SMILES string of the molecule is Cc1cnc(C2CC2)n1CC1CCCN(S(=O)(=O)c2cccc(F)c2)C1. The number of piperidine rings is 1. The molecule has 1 aliphatic heterocycles. The van der Waals surface area contributed by atoms with E-state index in [1.807, 2.05) is 6.20 Å². The van der Waals surface area contributed by atoms with Crippen molar-refractivity contribution in [3.05, 3.63) is 47.8 Å². The van der Waals surface area contributed by atoms with Crippen LogP contribution in [0, 0.1) is 18.7 Å². The van der Waals surface area contributed by atoms with Gasteiger partial charge in [0.15, 0.2) is 0 Å². The normalized spacial score (nSPS) is 21.8. The van der Waals surface area contributed by atoms with Crippen molar-refractivity contribution in [3.8, 4) is 0 Å². The van der Waals surface area contributed by atoms with Gasteiger partial charge in [-0.3, -0.25) is 0 Å². The van der Waals surface area contributed by atoms with Gasteiger partial charge in [-0.2, -0.15) is 4.31 Å². The fourth-order valence-electron chi connectivity index (χ4n) is 3.81. The summed E-state index contributed by atoms with van der Waals surface area (Å²) in [5, 5.41) is 0. The molecule has 1 aromatic heterocycles. The van der Waals surface area contributed by atoms with Gasteiger partial charge in [0.2, 0.25) is 10.0 Å². The zero-order valence-corrected chi connectivity index (χ0v) is 15.8. The number of hydrogen-bond donors (Lipinski definition) is 0. The fourth-order valence-corrected chi connectivity index (χ4v) is 5.40. The summed E-state index contributed by atoms with van der Waals surface area (Å²) in [5.41, 5.74) is 1.14. The van der Waals surface area contributed by atoms with Crippen LogP contribution in [0.15, 0.2) is 35.4 Å². The summed E-state index contributed by atoms with van der Waals surface area (Å²) in [6.45, 7) is 3.82. The van der Waals surface area contributed by atoms with Gasteiger partial charge >= 0.3 is 0 Å². The van der Waals surface area contributed by atoms with Crippen LogP contribution < -0.4 is 0 Å². The predicted molar refractivity (Wildman–Crippen MR) is 96.8 cm³/mol. The zero-order valence-electron chi connectivity index (χ0n) is 14.9. The van der Waals surface area contributed by atoms with E-state index in [0.29, 0.717) is 19.0 Å². The van der Waals surface area contributed by atoms with Crippen molar-refractivity contribution >= 4 is 10.0 Å². The van der Waals surface area contributed by atoms with Gasteiger partial charge in [0.25, 0.3) is 0 Å². The zero-order chi connectivity index (χ0) is 18.3. The Bertz CT molecular complexity index is 905. The highest BCUT2D eigenvalue weighted by molar-refractivity contribution is 7.89. The Morgan fingerprint density at radius 1 is 1.27 bits per heavy atom. The van der Waals surface area contributed by atoms with E-state index in [1.54, 1.807) is 0 Å². The number of rotatable bonds is 5. The highest BCUT2D eigenvalue weighted by atomic mass is 32.2. The molecule has 2 fully saturated rings. The van der Waals surface area contributed by atoms with Gasteiger partial charge in [-0.25, -0.2) is 17.8 Å². The molecule has 1 unspecified atom stereocenters. The Morgan fingerprint density at radius 2 is 2.08 bits per heavy atom. The average molecular weight is 377 g/mol. The number of aromatic nitrogens is 2. The number of sulfonamides is 1. The molecule has 1 aliphatic carbocycles. The predicted octanol–water partition coefficient (Wildman–Crippen LogP) is 3.31. The third-order valence-electron chi connectivity index (χ3n) is 5.38. The number of halogens is 1. The molecule has 2 aliphatic rings. The topological polar surface area (TPSA) is 55.2 Å². The summed E-state index contributed by atoms with van der Waals surface area (Å²) < 4.78 is 43.0.